The van der Waals surface area contributed by atoms with Gasteiger partial charge in [0.05, 0.1) is 18.5 Å². The van der Waals surface area contributed by atoms with Crippen LogP contribution >= 0.6 is 0 Å². The monoisotopic (exact) mass is 404 g/mol. The van der Waals surface area contributed by atoms with Gasteiger partial charge in [0.15, 0.2) is 0 Å². The predicted molar refractivity (Wildman–Crippen MR) is 116 cm³/mol. The minimum absolute atomic E-state index is 0.735. The molecule has 3 aliphatic rings. The number of hydrogen-bond acceptors (Lipinski definition) is 6. The van der Waals surface area contributed by atoms with Gasteiger partial charge in [0.1, 0.15) is 12.1 Å². The standard InChI is InChI=1S/C23H28N6O/c1-30-19-7-5-17(6-8-19)20-11-22(23-25-24-15-29(23)26-20)28-13-16-10-18(14-28)21-4-2-3-9-27(21)12-16/h5-8,11,15-16,18,21H,2-4,9-10,12-14H2,1H3/t16-,18-,21+/m1/s1. The molecule has 1 aromatic carbocycles. The van der Waals surface area contributed by atoms with Crippen LogP contribution in [0.25, 0.3) is 16.9 Å². The first-order valence-corrected chi connectivity index (χ1v) is 11.1. The lowest BCUT2D eigenvalue weighted by atomic mass is 9.76. The maximum Gasteiger partial charge on any atom is 0.200 e. The number of fused-ring (bicyclic) bond motifs is 5. The zero-order valence-electron chi connectivity index (χ0n) is 17.4. The van der Waals surface area contributed by atoms with Crippen LogP contribution in [0.1, 0.15) is 25.7 Å². The average molecular weight is 405 g/mol. The zero-order chi connectivity index (χ0) is 20.1. The van der Waals surface area contributed by atoms with E-state index in [0.29, 0.717) is 0 Å². The van der Waals surface area contributed by atoms with Crippen molar-refractivity contribution in [1.29, 1.82) is 0 Å². The maximum absolute atomic E-state index is 5.31. The molecule has 6 rings (SSSR count). The quantitative estimate of drug-likeness (QED) is 0.669. The Kier molecular flexibility index (Phi) is 4.37. The van der Waals surface area contributed by atoms with Gasteiger partial charge in [-0.05, 0) is 68.0 Å². The minimum Gasteiger partial charge on any atom is -0.497 e. The third-order valence-electron chi connectivity index (χ3n) is 7.25. The van der Waals surface area contributed by atoms with E-state index in [9.17, 15) is 0 Å². The van der Waals surface area contributed by atoms with Gasteiger partial charge in [0.25, 0.3) is 0 Å². The average Bonchev–Trinajstić information content (AvgIpc) is 3.27. The van der Waals surface area contributed by atoms with E-state index in [4.69, 9.17) is 9.84 Å². The van der Waals surface area contributed by atoms with Gasteiger partial charge in [-0.3, -0.25) is 4.90 Å². The van der Waals surface area contributed by atoms with Crippen LogP contribution in [0.15, 0.2) is 36.7 Å². The van der Waals surface area contributed by atoms with E-state index >= 15 is 0 Å². The largest absolute Gasteiger partial charge is 0.497 e. The van der Waals surface area contributed by atoms with Crippen LogP contribution in [0.5, 0.6) is 5.75 Å². The number of methoxy groups -OCH3 is 1. The van der Waals surface area contributed by atoms with Crippen molar-refractivity contribution < 1.29 is 4.74 Å². The van der Waals surface area contributed by atoms with Crippen LogP contribution in [0.2, 0.25) is 0 Å². The Morgan fingerprint density at radius 3 is 2.83 bits per heavy atom. The van der Waals surface area contributed by atoms with Gasteiger partial charge in [-0.15, -0.1) is 10.2 Å². The van der Waals surface area contributed by atoms with E-state index in [1.165, 1.54) is 38.8 Å². The number of ether oxygens (including phenoxy) is 1. The van der Waals surface area contributed by atoms with Gasteiger partial charge in [-0.1, -0.05) is 6.42 Å². The van der Waals surface area contributed by atoms with E-state index in [1.807, 2.05) is 16.6 Å². The van der Waals surface area contributed by atoms with Gasteiger partial charge in [0, 0.05) is 31.2 Å². The van der Waals surface area contributed by atoms with Gasteiger partial charge in [-0.2, -0.15) is 9.61 Å². The Balaban J connectivity index is 1.36. The highest BCUT2D eigenvalue weighted by molar-refractivity contribution is 5.74. The first-order valence-electron chi connectivity index (χ1n) is 11.1. The summed E-state index contributed by atoms with van der Waals surface area (Å²) in [5, 5.41) is 13.3. The molecule has 0 saturated carbocycles. The van der Waals surface area contributed by atoms with Gasteiger partial charge in [-0.25, -0.2) is 0 Å². The molecule has 0 unspecified atom stereocenters. The summed E-state index contributed by atoms with van der Waals surface area (Å²) in [6.07, 6.45) is 7.19. The third kappa shape index (κ3) is 3.03. The predicted octanol–water partition coefficient (Wildman–Crippen LogP) is 3.11. The molecule has 5 heterocycles. The fourth-order valence-electron chi connectivity index (χ4n) is 5.91. The van der Waals surface area contributed by atoms with Crippen LogP contribution in [-0.2, 0) is 0 Å². The molecule has 3 fully saturated rings. The number of anilines is 1. The second kappa shape index (κ2) is 7.23. The molecule has 30 heavy (non-hydrogen) atoms. The molecule has 2 bridgehead atoms. The smallest absolute Gasteiger partial charge is 0.200 e. The fraction of sp³-hybridized carbons (Fsp3) is 0.522. The van der Waals surface area contributed by atoms with E-state index in [0.717, 1.165) is 59.3 Å². The molecule has 2 aromatic heterocycles. The highest BCUT2D eigenvalue weighted by Gasteiger charge is 2.42. The summed E-state index contributed by atoms with van der Waals surface area (Å²) < 4.78 is 7.14. The molecular formula is C23H28N6O. The van der Waals surface area contributed by atoms with Crippen LogP contribution in [0.3, 0.4) is 0 Å². The van der Waals surface area contributed by atoms with Crippen LogP contribution in [0.4, 0.5) is 5.69 Å². The number of aromatic nitrogens is 4. The number of rotatable bonds is 3. The molecule has 0 N–H and O–H groups in total. The summed E-state index contributed by atoms with van der Waals surface area (Å²) in [7, 11) is 1.69. The molecule has 0 radical (unpaired) electrons. The lowest BCUT2D eigenvalue weighted by Crippen LogP contribution is -2.59. The molecule has 0 amide bonds. The fourth-order valence-corrected chi connectivity index (χ4v) is 5.91. The molecule has 0 aliphatic carbocycles. The van der Waals surface area contributed by atoms with Gasteiger partial charge >= 0.3 is 0 Å². The lowest BCUT2D eigenvalue weighted by Gasteiger charge is -2.53. The van der Waals surface area contributed by atoms with Crippen molar-refractivity contribution in [2.24, 2.45) is 11.8 Å². The molecule has 156 valence electrons. The Hall–Kier alpha value is -2.67. The second-order valence-corrected chi connectivity index (χ2v) is 9.07. The highest BCUT2D eigenvalue weighted by Crippen LogP contribution is 2.40. The number of benzene rings is 1. The van der Waals surface area contributed by atoms with E-state index < -0.39 is 0 Å². The van der Waals surface area contributed by atoms with Crippen molar-refractivity contribution in [1.82, 2.24) is 24.7 Å². The summed E-state index contributed by atoms with van der Waals surface area (Å²) in [5.74, 6) is 2.34. The molecule has 7 heteroatoms. The number of nitrogens with zero attached hydrogens (tertiary/aromatic N) is 6. The molecule has 7 nitrogen and oxygen atoms in total. The van der Waals surface area contributed by atoms with Crippen molar-refractivity contribution in [2.75, 3.05) is 38.2 Å². The Bertz CT molecular complexity index is 1050. The van der Waals surface area contributed by atoms with E-state index in [1.54, 1.807) is 13.4 Å². The van der Waals surface area contributed by atoms with Crippen LogP contribution < -0.4 is 9.64 Å². The van der Waals surface area contributed by atoms with Gasteiger partial charge in [0.2, 0.25) is 5.65 Å². The molecule has 3 aliphatic heterocycles. The van der Waals surface area contributed by atoms with Crippen molar-refractivity contribution in [3.8, 4) is 17.0 Å². The topological polar surface area (TPSA) is 58.8 Å². The zero-order valence-corrected chi connectivity index (χ0v) is 17.4. The Morgan fingerprint density at radius 1 is 1.07 bits per heavy atom. The normalized spacial score (nSPS) is 26.6. The SMILES string of the molecule is COc1ccc(-c2cc(N3C[C@@H]4C[C@H](C3)[C@@H]3CCCCN3C4)c3nncn3n2)cc1. The molecule has 3 atom stereocenters. The van der Waals surface area contributed by atoms with Crippen molar-refractivity contribution in [3.05, 3.63) is 36.7 Å². The first kappa shape index (κ1) is 18.1. The summed E-state index contributed by atoms with van der Waals surface area (Å²) >= 11 is 0. The molecule has 3 aromatic rings. The van der Waals surface area contributed by atoms with E-state index in [2.05, 4.69) is 38.2 Å². The second-order valence-electron chi connectivity index (χ2n) is 9.07. The Labute approximate surface area is 176 Å². The van der Waals surface area contributed by atoms with Crippen molar-refractivity contribution in [3.63, 3.8) is 0 Å². The maximum atomic E-state index is 5.31. The summed E-state index contributed by atoms with van der Waals surface area (Å²) in [5.41, 5.74) is 4.03. The number of piperidine rings is 3. The summed E-state index contributed by atoms with van der Waals surface area (Å²) in [4.78, 5) is 5.34. The molecule has 0 spiro atoms. The lowest BCUT2D eigenvalue weighted by molar-refractivity contribution is 0.0186. The number of hydrogen-bond donors (Lipinski definition) is 0. The summed E-state index contributed by atoms with van der Waals surface area (Å²) in [6.45, 7) is 4.74. The van der Waals surface area contributed by atoms with Crippen LogP contribution in [0, 0.1) is 11.8 Å². The summed E-state index contributed by atoms with van der Waals surface area (Å²) in [6, 6.07) is 11.0. The molecule has 3 saturated heterocycles. The Morgan fingerprint density at radius 2 is 1.97 bits per heavy atom. The van der Waals surface area contributed by atoms with Gasteiger partial charge < -0.3 is 9.64 Å². The first-order chi connectivity index (χ1) is 14.8. The van der Waals surface area contributed by atoms with Crippen LogP contribution in [-0.4, -0.2) is 64.0 Å². The minimum atomic E-state index is 0.735. The highest BCUT2D eigenvalue weighted by atomic mass is 16.5. The van der Waals surface area contributed by atoms with Crippen molar-refractivity contribution in [2.45, 2.75) is 31.7 Å². The molecular weight excluding hydrogens is 376 g/mol. The van der Waals surface area contributed by atoms with Crippen molar-refractivity contribution >= 4 is 11.3 Å². The van der Waals surface area contributed by atoms with E-state index in [-0.39, 0.29) is 0 Å². The third-order valence-corrected chi connectivity index (χ3v) is 7.25.